The summed E-state index contributed by atoms with van der Waals surface area (Å²) in [7, 11) is 3.53. The van der Waals surface area contributed by atoms with Gasteiger partial charge in [-0.05, 0) is 28.7 Å². The van der Waals surface area contributed by atoms with Crippen LogP contribution in [0.4, 0.5) is 0 Å². The first-order chi connectivity index (χ1) is 7.06. The van der Waals surface area contributed by atoms with Crippen molar-refractivity contribution in [1.82, 2.24) is 4.90 Å². The fourth-order valence-electron chi connectivity index (χ4n) is 1.26. The van der Waals surface area contributed by atoms with Crippen LogP contribution in [0.5, 0.6) is 0 Å². The molecule has 0 atom stereocenters. The summed E-state index contributed by atoms with van der Waals surface area (Å²) in [6.45, 7) is 13.3. The molecule has 0 aromatic rings. The second-order valence-corrected chi connectivity index (χ2v) is 9.01. The van der Waals surface area contributed by atoms with E-state index in [1.807, 2.05) is 0 Å². The molecule has 0 saturated heterocycles. The molecule has 0 amide bonds. The van der Waals surface area contributed by atoms with E-state index in [2.05, 4.69) is 64.4 Å². The SMILES string of the molecule is CCN(CC)C(=P)[Se].CC[PH+](CC)CC.[Au]. The molecule has 1 nitrogen and oxygen atoms in total. The summed E-state index contributed by atoms with van der Waals surface area (Å²) in [6, 6.07) is 0. The van der Waals surface area contributed by atoms with Crippen molar-refractivity contribution in [2.24, 2.45) is 0 Å². The number of nitrogens with zero attached hydrogens (tertiary/aromatic N) is 1. The third kappa shape index (κ3) is 13.9. The van der Waals surface area contributed by atoms with Crippen LogP contribution in [0.2, 0.25) is 0 Å². The van der Waals surface area contributed by atoms with E-state index in [9.17, 15) is 0 Å². The molecule has 0 saturated carbocycles. The van der Waals surface area contributed by atoms with Crippen molar-refractivity contribution in [3.63, 3.8) is 0 Å². The van der Waals surface area contributed by atoms with Crippen molar-refractivity contribution in [2.75, 3.05) is 31.6 Å². The van der Waals surface area contributed by atoms with Crippen LogP contribution in [0.1, 0.15) is 34.6 Å². The predicted molar refractivity (Wildman–Crippen MR) is 81.9 cm³/mol. The molecule has 0 N–H and O–H groups in total. The van der Waals surface area contributed by atoms with Gasteiger partial charge in [0, 0.05) is 22.4 Å². The maximum Gasteiger partial charge on any atom is 0.0543 e. The second kappa shape index (κ2) is 16.8. The minimum atomic E-state index is 0. The zero-order chi connectivity index (χ0) is 12.3. The Morgan fingerprint density at radius 3 is 1.31 bits per heavy atom. The summed E-state index contributed by atoms with van der Waals surface area (Å²) >= 11 is 2.90. The third-order valence-corrected chi connectivity index (χ3v) is 6.41. The van der Waals surface area contributed by atoms with Gasteiger partial charge in [0.1, 0.15) is 0 Å². The summed E-state index contributed by atoms with van der Waals surface area (Å²) in [4.78, 5) is 2.19. The summed E-state index contributed by atoms with van der Waals surface area (Å²) in [5.74, 6) is 0. The molecule has 5 heteroatoms. The maximum atomic E-state index is 3.39. The van der Waals surface area contributed by atoms with E-state index < -0.39 is 0 Å². The van der Waals surface area contributed by atoms with Gasteiger partial charge in [0.25, 0.3) is 0 Å². The minimum absolute atomic E-state index is 0. The zero-order valence-electron chi connectivity index (χ0n) is 11.2. The van der Waals surface area contributed by atoms with Crippen LogP contribution in [0.3, 0.4) is 0 Å². The fraction of sp³-hybridized carbons (Fsp3) is 0.909. The molecule has 0 fully saturated rings. The Hall–Kier alpha value is 1.82. The smallest absolute Gasteiger partial charge is 0.0313 e. The molecule has 0 rings (SSSR count). The molecule has 0 aromatic heterocycles. The Balaban J connectivity index is -0.000000200. The molecule has 0 bridgehead atoms. The maximum absolute atomic E-state index is 3.39. The van der Waals surface area contributed by atoms with Gasteiger partial charge in [0.15, 0.2) is 0 Å². The van der Waals surface area contributed by atoms with Gasteiger partial charge in [-0.25, -0.2) is 0 Å². The Morgan fingerprint density at radius 2 is 1.31 bits per heavy atom. The average Bonchev–Trinajstić information content (AvgIpc) is 2.22. The minimum Gasteiger partial charge on any atom is -0.0313 e. The van der Waals surface area contributed by atoms with Crippen molar-refractivity contribution in [3.05, 3.63) is 0 Å². The van der Waals surface area contributed by atoms with Crippen molar-refractivity contribution in [1.29, 1.82) is 0 Å². The Morgan fingerprint density at radius 1 is 1.00 bits per heavy atom. The first-order valence-corrected chi connectivity index (χ1v) is 9.38. The van der Waals surface area contributed by atoms with Crippen LogP contribution in [-0.2, 0) is 22.4 Å². The molecule has 102 valence electrons. The number of rotatable bonds is 6. The van der Waals surface area contributed by atoms with Gasteiger partial charge in [-0.2, -0.15) is 0 Å². The van der Waals surface area contributed by atoms with Crippen LogP contribution in [0, 0.1) is 0 Å². The first-order valence-electron chi connectivity index (χ1n) is 5.91. The molecule has 0 aliphatic rings. The van der Waals surface area contributed by atoms with Gasteiger partial charge in [-0.1, -0.05) is 0 Å². The molecule has 0 aliphatic carbocycles. The van der Waals surface area contributed by atoms with E-state index in [1.165, 1.54) is 18.5 Å². The molecule has 0 spiro atoms. The average molecular weight is 511 g/mol. The van der Waals surface area contributed by atoms with Gasteiger partial charge >= 0.3 is 61.0 Å². The summed E-state index contributed by atoms with van der Waals surface area (Å²) in [5, 5.41) is 0. The van der Waals surface area contributed by atoms with E-state index in [0.717, 1.165) is 17.4 Å². The quantitative estimate of drug-likeness (QED) is 0.392. The monoisotopic (exact) mass is 512 g/mol. The number of hydrogen-bond donors (Lipinski definition) is 0. The molecule has 0 unspecified atom stereocenters. The van der Waals surface area contributed by atoms with Gasteiger partial charge in [-0.15, -0.1) is 0 Å². The Bertz CT molecular complexity index is 145. The second-order valence-electron chi connectivity index (χ2n) is 3.29. The predicted octanol–water partition coefficient (Wildman–Crippen LogP) is 2.98. The van der Waals surface area contributed by atoms with E-state index in [-0.39, 0.29) is 30.3 Å². The van der Waals surface area contributed by atoms with Gasteiger partial charge in [-0.3, -0.25) is 0 Å². The molecule has 0 aliphatic heterocycles. The van der Waals surface area contributed by atoms with E-state index in [1.54, 1.807) is 0 Å². The van der Waals surface area contributed by atoms with Gasteiger partial charge < -0.3 is 0 Å². The van der Waals surface area contributed by atoms with Crippen molar-refractivity contribution in [3.8, 4) is 0 Å². The Labute approximate surface area is 130 Å². The molecular weight excluding hydrogens is 484 g/mol. The normalized spacial score (nSPS) is 9.50. The van der Waals surface area contributed by atoms with Crippen LogP contribution in [0.15, 0.2) is 0 Å². The third-order valence-electron chi connectivity index (χ3n) is 2.55. The summed E-state index contributed by atoms with van der Waals surface area (Å²) < 4.78 is 1.09. The van der Waals surface area contributed by atoms with Crippen molar-refractivity contribution in [2.45, 2.75) is 34.6 Å². The van der Waals surface area contributed by atoms with Crippen molar-refractivity contribution >= 4 is 37.1 Å². The van der Waals surface area contributed by atoms with E-state index in [0.29, 0.717) is 0 Å². The van der Waals surface area contributed by atoms with Crippen LogP contribution in [0.25, 0.3) is 0 Å². The molecule has 16 heavy (non-hydrogen) atoms. The van der Waals surface area contributed by atoms with Crippen LogP contribution >= 0.6 is 16.8 Å². The largest absolute Gasteiger partial charge is 0.0543 e. The fourth-order valence-corrected chi connectivity index (χ4v) is 3.62. The topological polar surface area (TPSA) is 3.24 Å². The summed E-state index contributed by atoms with van der Waals surface area (Å²) in [5.41, 5.74) is 0. The zero-order valence-corrected chi connectivity index (χ0v) is 17.1. The molecular formula is C11H27AuNP2Se+. The molecule has 0 heterocycles. The standard InChI is InChI=1S/C6H15P.C5H11NPSe.Au/c1-4-7(5-2)6-3;1-3-6(4-2)5(7)8;/h4-6H2,1-3H3;7H,3-4H2,1-2H3;/p+1. The Kier molecular flexibility index (Phi) is 24.1. The molecule has 2 radical (unpaired) electrons. The first kappa shape index (κ1) is 23.0. The van der Waals surface area contributed by atoms with Crippen LogP contribution in [-0.4, -0.2) is 56.8 Å². The summed E-state index contributed by atoms with van der Waals surface area (Å²) in [6.07, 6.45) is 4.37. The van der Waals surface area contributed by atoms with Crippen molar-refractivity contribution < 1.29 is 22.4 Å². The van der Waals surface area contributed by atoms with Gasteiger partial charge in [0.05, 0.1) is 18.5 Å². The number of hydrogen-bond acceptors (Lipinski definition) is 0. The van der Waals surface area contributed by atoms with Crippen LogP contribution < -0.4 is 0 Å². The molecule has 0 aromatic carbocycles. The van der Waals surface area contributed by atoms with Gasteiger partial charge in [0.2, 0.25) is 0 Å². The van der Waals surface area contributed by atoms with E-state index >= 15 is 0 Å². The van der Waals surface area contributed by atoms with E-state index in [4.69, 9.17) is 0 Å².